The van der Waals surface area contributed by atoms with Gasteiger partial charge in [0, 0.05) is 64.4 Å². The summed E-state index contributed by atoms with van der Waals surface area (Å²) in [5, 5.41) is 8.51. The molecule has 3 aromatic heterocycles. The molecule has 0 N–H and O–H groups in total. The van der Waals surface area contributed by atoms with Crippen LogP contribution in [0.4, 0.5) is 5.82 Å². The summed E-state index contributed by atoms with van der Waals surface area (Å²) >= 11 is 0. The van der Waals surface area contributed by atoms with Crippen LogP contribution in [0.5, 0.6) is 0 Å². The van der Waals surface area contributed by atoms with Gasteiger partial charge in [0.05, 0.1) is 5.69 Å². The molecule has 1 aliphatic heterocycles. The van der Waals surface area contributed by atoms with Crippen molar-refractivity contribution in [2.24, 2.45) is 7.05 Å². The molecule has 4 rings (SSSR count). The highest BCUT2D eigenvalue weighted by molar-refractivity contribution is 5.44. The van der Waals surface area contributed by atoms with E-state index in [4.69, 9.17) is 0 Å². The van der Waals surface area contributed by atoms with Gasteiger partial charge < -0.3 is 4.90 Å². The third-order valence-corrected chi connectivity index (χ3v) is 4.55. The lowest BCUT2D eigenvalue weighted by molar-refractivity contribution is 0.243. The Morgan fingerprint density at radius 3 is 2.48 bits per heavy atom. The van der Waals surface area contributed by atoms with Gasteiger partial charge in [0.25, 0.3) is 0 Å². The highest BCUT2D eigenvalue weighted by atomic mass is 15.3. The molecule has 0 radical (unpaired) electrons. The maximum Gasteiger partial charge on any atom is 0.159 e. The molecule has 0 aromatic carbocycles. The van der Waals surface area contributed by atoms with Crippen molar-refractivity contribution in [3.63, 3.8) is 0 Å². The molecule has 0 atom stereocenters. The topological polar surface area (TPSA) is 67.9 Å². The maximum atomic E-state index is 4.62. The number of nitrogens with zero attached hydrogens (tertiary/aromatic N) is 8. The normalized spacial score (nSPS) is 15.7. The molecule has 0 bridgehead atoms. The van der Waals surface area contributed by atoms with Crippen LogP contribution < -0.4 is 4.90 Å². The van der Waals surface area contributed by atoms with Gasteiger partial charge in [-0.2, -0.15) is 10.2 Å². The van der Waals surface area contributed by atoms with Crippen LogP contribution in [0, 0.1) is 6.92 Å². The smallest absolute Gasteiger partial charge is 0.159 e. The van der Waals surface area contributed by atoms with Crippen molar-refractivity contribution in [1.82, 2.24) is 34.4 Å². The van der Waals surface area contributed by atoms with Gasteiger partial charge in [-0.25, -0.2) is 14.6 Å². The predicted octanol–water partition coefficient (Wildman–Crippen LogP) is 1.03. The van der Waals surface area contributed by atoms with Gasteiger partial charge in [0.15, 0.2) is 5.82 Å². The molecule has 25 heavy (non-hydrogen) atoms. The maximum absolute atomic E-state index is 4.62. The van der Waals surface area contributed by atoms with Gasteiger partial charge >= 0.3 is 0 Å². The Bertz CT molecular complexity index is 830. The number of rotatable bonds is 4. The number of anilines is 1. The molecule has 3 aromatic rings. The van der Waals surface area contributed by atoms with Crippen molar-refractivity contribution in [1.29, 1.82) is 0 Å². The second-order valence-electron chi connectivity index (χ2n) is 6.29. The molecule has 0 amide bonds. The van der Waals surface area contributed by atoms with E-state index in [1.807, 2.05) is 43.2 Å². The fourth-order valence-electron chi connectivity index (χ4n) is 3.14. The summed E-state index contributed by atoms with van der Waals surface area (Å²) in [5.41, 5.74) is 1.24. The zero-order valence-electron chi connectivity index (χ0n) is 14.6. The van der Waals surface area contributed by atoms with Crippen LogP contribution in [0.2, 0.25) is 0 Å². The van der Waals surface area contributed by atoms with Crippen LogP contribution in [-0.2, 0) is 13.6 Å². The number of piperazine rings is 1. The Labute approximate surface area is 146 Å². The highest BCUT2D eigenvalue weighted by Gasteiger charge is 2.20. The monoisotopic (exact) mass is 338 g/mol. The van der Waals surface area contributed by atoms with E-state index < -0.39 is 0 Å². The molecule has 130 valence electrons. The second kappa shape index (κ2) is 6.64. The van der Waals surface area contributed by atoms with Crippen molar-refractivity contribution in [2.75, 3.05) is 31.1 Å². The minimum Gasteiger partial charge on any atom is -0.354 e. The van der Waals surface area contributed by atoms with Crippen molar-refractivity contribution < 1.29 is 0 Å². The standard InChI is InChI=1S/C17H22N8/c1-14-20-16(12-17(21-14)25-7-3-5-19-25)24-10-8-23(9-11-24)13-15-4-6-18-22(15)2/h3-7,12H,8-11,13H2,1-2H3. The zero-order chi connectivity index (χ0) is 17.2. The van der Waals surface area contributed by atoms with E-state index in [2.05, 4.69) is 36.0 Å². The highest BCUT2D eigenvalue weighted by Crippen LogP contribution is 2.18. The average molecular weight is 338 g/mol. The van der Waals surface area contributed by atoms with Crippen LogP contribution in [0.1, 0.15) is 11.5 Å². The van der Waals surface area contributed by atoms with Crippen molar-refractivity contribution in [2.45, 2.75) is 13.5 Å². The first-order chi connectivity index (χ1) is 12.2. The molecule has 0 unspecified atom stereocenters. The van der Waals surface area contributed by atoms with Gasteiger partial charge in [0.1, 0.15) is 11.6 Å². The van der Waals surface area contributed by atoms with Crippen molar-refractivity contribution >= 4 is 5.82 Å². The molecule has 0 spiro atoms. The molecule has 1 fully saturated rings. The van der Waals surface area contributed by atoms with Gasteiger partial charge in [-0.15, -0.1) is 0 Å². The zero-order valence-corrected chi connectivity index (χ0v) is 14.6. The summed E-state index contributed by atoms with van der Waals surface area (Å²) in [5.74, 6) is 2.54. The predicted molar refractivity (Wildman–Crippen MR) is 94.6 cm³/mol. The minimum absolute atomic E-state index is 0.764. The fourth-order valence-corrected chi connectivity index (χ4v) is 3.14. The summed E-state index contributed by atoms with van der Waals surface area (Å²) in [7, 11) is 1.99. The molecule has 8 heteroatoms. The first kappa shape index (κ1) is 15.8. The average Bonchev–Trinajstić information content (AvgIpc) is 3.28. The van der Waals surface area contributed by atoms with E-state index in [0.29, 0.717) is 0 Å². The van der Waals surface area contributed by atoms with Crippen molar-refractivity contribution in [3.8, 4) is 5.82 Å². The lowest BCUT2D eigenvalue weighted by atomic mass is 10.3. The van der Waals surface area contributed by atoms with E-state index in [1.54, 1.807) is 10.9 Å². The lowest BCUT2D eigenvalue weighted by Gasteiger charge is -2.35. The molecule has 1 saturated heterocycles. The van der Waals surface area contributed by atoms with Crippen molar-refractivity contribution in [3.05, 3.63) is 48.3 Å². The number of hydrogen-bond donors (Lipinski definition) is 0. The molecule has 0 aliphatic carbocycles. The second-order valence-corrected chi connectivity index (χ2v) is 6.29. The Morgan fingerprint density at radius 1 is 1.00 bits per heavy atom. The quantitative estimate of drug-likeness (QED) is 0.708. The Kier molecular flexibility index (Phi) is 4.19. The van der Waals surface area contributed by atoms with E-state index in [0.717, 1.165) is 50.2 Å². The first-order valence-electron chi connectivity index (χ1n) is 8.49. The van der Waals surface area contributed by atoms with Gasteiger partial charge in [0.2, 0.25) is 0 Å². The Balaban J connectivity index is 1.45. The molecular formula is C17H22N8. The lowest BCUT2D eigenvalue weighted by Crippen LogP contribution is -2.46. The van der Waals surface area contributed by atoms with Gasteiger partial charge in [-0.05, 0) is 19.1 Å². The summed E-state index contributed by atoms with van der Waals surface area (Å²) in [6, 6.07) is 5.99. The number of aryl methyl sites for hydroxylation is 2. The fraction of sp³-hybridized carbons (Fsp3) is 0.412. The van der Waals surface area contributed by atoms with E-state index in [-0.39, 0.29) is 0 Å². The number of aromatic nitrogens is 6. The SMILES string of the molecule is Cc1nc(N2CCN(Cc3ccnn3C)CC2)cc(-n2cccn2)n1. The van der Waals surface area contributed by atoms with Crippen LogP contribution in [0.25, 0.3) is 5.82 Å². The molecule has 1 aliphatic rings. The number of hydrogen-bond acceptors (Lipinski definition) is 6. The van der Waals surface area contributed by atoms with E-state index in [1.165, 1.54) is 5.69 Å². The molecule has 0 saturated carbocycles. The Hall–Kier alpha value is -2.74. The first-order valence-corrected chi connectivity index (χ1v) is 8.49. The van der Waals surface area contributed by atoms with Crippen LogP contribution in [0.15, 0.2) is 36.8 Å². The van der Waals surface area contributed by atoms with Crippen LogP contribution in [0.3, 0.4) is 0 Å². The largest absolute Gasteiger partial charge is 0.354 e. The summed E-state index contributed by atoms with van der Waals surface area (Å²) in [6.07, 6.45) is 5.51. The summed E-state index contributed by atoms with van der Waals surface area (Å²) in [6.45, 7) is 6.78. The van der Waals surface area contributed by atoms with Gasteiger partial charge in [-0.3, -0.25) is 9.58 Å². The Morgan fingerprint density at radius 2 is 1.80 bits per heavy atom. The van der Waals surface area contributed by atoms with Crippen LogP contribution in [-0.4, -0.2) is 60.6 Å². The molecule has 8 nitrogen and oxygen atoms in total. The van der Waals surface area contributed by atoms with E-state index in [9.17, 15) is 0 Å². The van der Waals surface area contributed by atoms with Crippen LogP contribution >= 0.6 is 0 Å². The minimum atomic E-state index is 0.764. The van der Waals surface area contributed by atoms with E-state index >= 15 is 0 Å². The third-order valence-electron chi connectivity index (χ3n) is 4.55. The third kappa shape index (κ3) is 3.39. The molecule has 4 heterocycles. The summed E-state index contributed by atoms with van der Waals surface area (Å²) < 4.78 is 3.72. The summed E-state index contributed by atoms with van der Waals surface area (Å²) in [4.78, 5) is 13.9. The van der Waals surface area contributed by atoms with Gasteiger partial charge in [-0.1, -0.05) is 0 Å². The molecular weight excluding hydrogens is 316 g/mol.